The predicted octanol–water partition coefficient (Wildman–Crippen LogP) is 1.03. The number of hydrogen-bond acceptors (Lipinski definition) is 8. The number of ether oxygens (including phenoxy) is 1. The standard InChI is InChI=1S/C27H22F2N6O3.Li/c1-3-38-16-11-20(28)19(21(29)12-16)14-35-23-7-5-4-6-17(23)25(34-35)26-31-15(2)10-24(33-26)32-22-8-9-30-13-18(22)27(36)37;/h4-13H,3,14H2,1-2H3,(H,36,37)(H,30,31,32,33);/q;+1/p-1. The fraction of sp³-hybridized carbons (Fsp3) is 0.148. The van der Waals surface area contributed by atoms with Gasteiger partial charge in [0.15, 0.2) is 5.82 Å². The van der Waals surface area contributed by atoms with Gasteiger partial charge in [0.1, 0.15) is 28.9 Å². The predicted molar refractivity (Wildman–Crippen MR) is 134 cm³/mol. The maximum atomic E-state index is 14.8. The Hall–Kier alpha value is -4.33. The molecular formula is C27H21F2LiN6O3. The van der Waals surface area contributed by atoms with Crippen LogP contribution in [0.3, 0.4) is 0 Å². The Labute approximate surface area is 234 Å². The van der Waals surface area contributed by atoms with Crippen LogP contribution < -0.4 is 34.0 Å². The SMILES string of the molecule is CCOc1cc(F)c(Cn2nc(-c3nc(C)cc(Nc4ccncc4C(=O)[O-])n3)c3ccccc32)c(F)c1.[Li+]. The first-order valence-corrected chi connectivity index (χ1v) is 11.7. The fourth-order valence-electron chi connectivity index (χ4n) is 4.09. The van der Waals surface area contributed by atoms with Crippen LogP contribution >= 0.6 is 0 Å². The molecule has 39 heavy (non-hydrogen) atoms. The van der Waals surface area contributed by atoms with E-state index in [0.717, 1.165) is 12.1 Å². The summed E-state index contributed by atoms with van der Waals surface area (Å²) in [6.07, 6.45) is 2.62. The Morgan fingerprint density at radius 2 is 1.85 bits per heavy atom. The summed E-state index contributed by atoms with van der Waals surface area (Å²) in [5, 5.41) is 19.7. The van der Waals surface area contributed by atoms with Gasteiger partial charge in [-0.3, -0.25) is 9.67 Å². The fourth-order valence-corrected chi connectivity index (χ4v) is 4.09. The van der Waals surface area contributed by atoms with E-state index < -0.39 is 17.6 Å². The summed E-state index contributed by atoms with van der Waals surface area (Å²) in [5.41, 5.74) is 1.58. The number of pyridine rings is 1. The van der Waals surface area contributed by atoms with Crippen LogP contribution in [0.1, 0.15) is 28.5 Å². The van der Waals surface area contributed by atoms with E-state index >= 15 is 0 Å². The molecule has 1 N–H and O–H groups in total. The molecule has 192 valence electrons. The number of para-hydroxylation sites is 1. The summed E-state index contributed by atoms with van der Waals surface area (Å²) in [7, 11) is 0. The molecule has 0 aliphatic heterocycles. The van der Waals surface area contributed by atoms with Crippen LogP contribution in [-0.2, 0) is 6.54 Å². The summed E-state index contributed by atoms with van der Waals surface area (Å²) in [6.45, 7) is 3.60. The Morgan fingerprint density at radius 1 is 1.10 bits per heavy atom. The maximum Gasteiger partial charge on any atom is 1.00 e. The van der Waals surface area contributed by atoms with Crippen LogP contribution in [0, 0.1) is 18.6 Å². The summed E-state index contributed by atoms with van der Waals surface area (Å²) >= 11 is 0. The quantitative estimate of drug-likeness (QED) is 0.301. The zero-order chi connectivity index (χ0) is 26.8. The first-order chi connectivity index (χ1) is 18.3. The molecule has 0 bridgehead atoms. The van der Waals surface area contributed by atoms with E-state index in [9.17, 15) is 18.7 Å². The van der Waals surface area contributed by atoms with Gasteiger partial charge in [0.05, 0.1) is 30.3 Å². The largest absolute Gasteiger partial charge is 1.00 e. The van der Waals surface area contributed by atoms with Crippen molar-refractivity contribution in [2.24, 2.45) is 0 Å². The number of halogens is 2. The average molecular weight is 522 g/mol. The molecule has 0 fully saturated rings. The average Bonchev–Trinajstić information content (AvgIpc) is 3.25. The molecule has 3 aromatic heterocycles. The van der Waals surface area contributed by atoms with Gasteiger partial charge in [0.25, 0.3) is 0 Å². The normalized spacial score (nSPS) is 10.8. The van der Waals surface area contributed by atoms with Gasteiger partial charge in [0.2, 0.25) is 0 Å². The topological polar surface area (TPSA) is 118 Å². The number of aryl methyl sites for hydroxylation is 1. The summed E-state index contributed by atoms with van der Waals surface area (Å²) < 4.78 is 36.3. The maximum absolute atomic E-state index is 14.8. The third-order valence-corrected chi connectivity index (χ3v) is 5.76. The number of fused-ring (bicyclic) bond motifs is 1. The molecule has 3 heterocycles. The summed E-state index contributed by atoms with van der Waals surface area (Å²) in [4.78, 5) is 24.3. The summed E-state index contributed by atoms with van der Waals surface area (Å²) in [6, 6.07) is 12.6. The molecule has 5 aromatic rings. The number of nitrogens with zero attached hydrogens (tertiary/aromatic N) is 5. The number of carbonyl (C=O) groups is 1. The van der Waals surface area contributed by atoms with E-state index in [0.29, 0.717) is 28.1 Å². The number of hydrogen-bond donors (Lipinski definition) is 1. The molecule has 0 aliphatic rings. The zero-order valence-corrected chi connectivity index (χ0v) is 21.4. The van der Waals surface area contributed by atoms with Gasteiger partial charge in [-0.05, 0) is 26.0 Å². The number of aromatic carboxylic acids is 1. The van der Waals surface area contributed by atoms with Gasteiger partial charge >= 0.3 is 18.9 Å². The van der Waals surface area contributed by atoms with Gasteiger partial charge in [-0.2, -0.15) is 5.10 Å². The van der Waals surface area contributed by atoms with Crippen molar-refractivity contribution in [3.05, 3.63) is 89.4 Å². The van der Waals surface area contributed by atoms with Crippen molar-refractivity contribution in [2.45, 2.75) is 20.4 Å². The molecule has 0 radical (unpaired) electrons. The van der Waals surface area contributed by atoms with Crippen LogP contribution in [0.25, 0.3) is 22.4 Å². The van der Waals surface area contributed by atoms with Crippen LogP contribution in [0.5, 0.6) is 5.75 Å². The van der Waals surface area contributed by atoms with Crippen molar-refractivity contribution in [3.63, 3.8) is 0 Å². The Morgan fingerprint density at radius 3 is 2.56 bits per heavy atom. The van der Waals surface area contributed by atoms with Crippen molar-refractivity contribution in [1.29, 1.82) is 0 Å². The minimum Gasteiger partial charge on any atom is -0.545 e. The first-order valence-electron chi connectivity index (χ1n) is 11.7. The zero-order valence-electron chi connectivity index (χ0n) is 21.4. The molecule has 0 saturated carbocycles. The number of carboxylic acids is 1. The van der Waals surface area contributed by atoms with E-state index in [1.54, 1.807) is 32.0 Å². The number of rotatable bonds is 8. The second kappa shape index (κ2) is 11.6. The van der Waals surface area contributed by atoms with E-state index in [1.165, 1.54) is 23.1 Å². The van der Waals surface area contributed by atoms with Crippen LogP contribution in [0.15, 0.2) is 60.9 Å². The van der Waals surface area contributed by atoms with Crippen LogP contribution in [0.2, 0.25) is 0 Å². The third kappa shape index (κ3) is 5.74. The number of benzene rings is 2. The van der Waals surface area contributed by atoms with E-state index in [1.807, 2.05) is 12.1 Å². The van der Waals surface area contributed by atoms with Crippen molar-refractivity contribution >= 4 is 28.4 Å². The second-order valence-corrected chi connectivity index (χ2v) is 8.37. The molecule has 0 unspecified atom stereocenters. The molecule has 0 spiro atoms. The Bertz CT molecular complexity index is 1650. The minimum atomic E-state index is -1.38. The van der Waals surface area contributed by atoms with Crippen molar-refractivity contribution < 1.29 is 42.3 Å². The smallest absolute Gasteiger partial charge is 0.545 e. The number of anilines is 2. The van der Waals surface area contributed by atoms with Gasteiger partial charge in [-0.25, -0.2) is 18.7 Å². The molecule has 12 heteroatoms. The third-order valence-electron chi connectivity index (χ3n) is 5.76. The molecule has 0 amide bonds. The van der Waals surface area contributed by atoms with Crippen molar-refractivity contribution in [2.75, 3.05) is 11.9 Å². The number of nitrogens with one attached hydrogen (secondary N) is 1. The van der Waals surface area contributed by atoms with E-state index in [-0.39, 0.29) is 60.4 Å². The Balaban J connectivity index is 0.00000353. The molecule has 0 saturated heterocycles. The Kier molecular flexibility index (Phi) is 8.23. The van der Waals surface area contributed by atoms with Gasteiger partial charge < -0.3 is 20.0 Å². The summed E-state index contributed by atoms with van der Waals surface area (Å²) in [5.74, 6) is -2.18. The first kappa shape index (κ1) is 27.7. The number of aromatic nitrogens is 5. The number of carbonyl (C=O) groups excluding carboxylic acids is 1. The van der Waals surface area contributed by atoms with Gasteiger partial charge in [-0.1, -0.05) is 18.2 Å². The molecule has 5 rings (SSSR count). The van der Waals surface area contributed by atoms with E-state index in [2.05, 4.69) is 25.4 Å². The monoisotopic (exact) mass is 522 g/mol. The molecule has 0 atom stereocenters. The molecule has 9 nitrogen and oxygen atoms in total. The van der Waals surface area contributed by atoms with Gasteiger partial charge in [-0.15, -0.1) is 0 Å². The van der Waals surface area contributed by atoms with E-state index in [4.69, 9.17) is 4.74 Å². The van der Waals surface area contributed by atoms with Crippen LogP contribution in [-0.4, -0.2) is 37.3 Å². The molecular weight excluding hydrogens is 501 g/mol. The number of carboxylic acid groups (broad SMARTS) is 1. The molecule has 2 aromatic carbocycles. The molecule has 0 aliphatic carbocycles. The van der Waals surface area contributed by atoms with Crippen molar-refractivity contribution in [3.8, 4) is 17.3 Å². The second-order valence-electron chi connectivity index (χ2n) is 8.37. The van der Waals surface area contributed by atoms with Crippen LogP contribution in [0.4, 0.5) is 20.3 Å². The minimum absolute atomic E-state index is 0. The van der Waals surface area contributed by atoms with Crippen molar-refractivity contribution in [1.82, 2.24) is 24.7 Å². The van der Waals surface area contributed by atoms with Gasteiger partial charge in [0, 0.05) is 52.8 Å².